The lowest BCUT2D eigenvalue weighted by Gasteiger charge is -2.37. The molecule has 0 bridgehead atoms. The number of hydrogen-bond acceptors (Lipinski definition) is 8. The summed E-state index contributed by atoms with van der Waals surface area (Å²) < 4.78 is 22.5. The predicted octanol–water partition coefficient (Wildman–Crippen LogP) is 4.85. The van der Waals surface area contributed by atoms with Crippen LogP contribution < -0.4 is 19.8 Å². The number of carbonyl (C=O) groups is 1. The number of carbonyl (C=O) groups excluding carboxylic acids is 1. The summed E-state index contributed by atoms with van der Waals surface area (Å²) in [7, 11) is 3.08. The molecule has 0 saturated heterocycles. The Morgan fingerprint density at radius 2 is 1.82 bits per heavy atom. The number of ether oxygens (including phenoxy) is 3. The zero-order chi connectivity index (χ0) is 27.7. The van der Waals surface area contributed by atoms with Gasteiger partial charge in [0.1, 0.15) is 23.5 Å². The lowest BCUT2D eigenvalue weighted by molar-refractivity contribution is -0.385. The SMILES string of the molecule is COc1cc2c(cc1OC)[C@@H](COc1ccc3c(C)cc(=O)oc3c1)N(C(=O)c1ccccc1[N+](=O)[O-])CC2. The largest absolute Gasteiger partial charge is 0.493 e. The van der Waals surface area contributed by atoms with Gasteiger partial charge in [-0.1, -0.05) is 12.1 Å². The number of para-hydroxylation sites is 1. The van der Waals surface area contributed by atoms with Gasteiger partial charge in [0.2, 0.25) is 0 Å². The van der Waals surface area contributed by atoms with E-state index in [9.17, 15) is 19.7 Å². The minimum atomic E-state index is -0.596. The molecule has 200 valence electrons. The maximum atomic E-state index is 13.7. The minimum Gasteiger partial charge on any atom is -0.493 e. The van der Waals surface area contributed by atoms with Gasteiger partial charge in [-0.3, -0.25) is 14.9 Å². The third-order valence-electron chi connectivity index (χ3n) is 6.93. The molecule has 0 aliphatic carbocycles. The molecule has 0 saturated carbocycles. The first-order chi connectivity index (χ1) is 18.8. The van der Waals surface area contributed by atoms with E-state index >= 15 is 0 Å². The van der Waals surface area contributed by atoms with Crippen LogP contribution in [0.2, 0.25) is 0 Å². The standard InChI is InChI=1S/C29H26N2O8/c1-17-12-28(32)39-25-14-19(8-9-20(17)25)38-16-24-22-15-27(37-3)26(36-2)13-18(22)10-11-30(24)29(33)21-6-4-5-7-23(21)31(34)35/h4-9,12-15,24H,10-11,16H2,1-3H3/t24-/m1/s1. The zero-order valence-corrected chi connectivity index (χ0v) is 21.6. The molecule has 0 radical (unpaired) electrons. The topological polar surface area (TPSA) is 121 Å². The number of hydrogen-bond donors (Lipinski definition) is 0. The summed E-state index contributed by atoms with van der Waals surface area (Å²) >= 11 is 0. The van der Waals surface area contributed by atoms with E-state index in [4.69, 9.17) is 18.6 Å². The van der Waals surface area contributed by atoms with E-state index in [0.717, 1.165) is 22.1 Å². The molecule has 1 aliphatic rings. The fraction of sp³-hybridized carbons (Fsp3) is 0.241. The normalized spacial score (nSPS) is 14.5. The molecule has 1 aromatic heterocycles. The summed E-state index contributed by atoms with van der Waals surface area (Å²) in [4.78, 5) is 38.3. The van der Waals surface area contributed by atoms with E-state index in [1.165, 1.54) is 31.4 Å². The average Bonchev–Trinajstić information content (AvgIpc) is 2.94. The van der Waals surface area contributed by atoms with Crippen molar-refractivity contribution in [1.82, 2.24) is 4.90 Å². The van der Waals surface area contributed by atoms with Crippen molar-refractivity contribution in [3.63, 3.8) is 0 Å². The molecule has 1 atom stereocenters. The highest BCUT2D eigenvalue weighted by Gasteiger charge is 2.35. The molecule has 4 aromatic rings. The third-order valence-corrected chi connectivity index (χ3v) is 6.93. The molecule has 0 fully saturated rings. The highest BCUT2D eigenvalue weighted by atomic mass is 16.6. The van der Waals surface area contributed by atoms with E-state index in [0.29, 0.717) is 35.8 Å². The van der Waals surface area contributed by atoms with Crippen LogP contribution >= 0.6 is 0 Å². The van der Waals surface area contributed by atoms with Gasteiger partial charge in [-0.2, -0.15) is 0 Å². The third kappa shape index (κ3) is 4.88. The van der Waals surface area contributed by atoms with Crippen LogP contribution in [0.3, 0.4) is 0 Å². The first kappa shape index (κ1) is 25.8. The van der Waals surface area contributed by atoms with Crippen molar-refractivity contribution in [2.75, 3.05) is 27.4 Å². The Bertz CT molecular complexity index is 1640. The summed E-state index contributed by atoms with van der Waals surface area (Å²) in [6.07, 6.45) is 0.513. The summed E-state index contributed by atoms with van der Waals surface area (Å²) in [5.41, 5.74) is 2.19. The van der Waals surface area contributed by atoms with Crippen LogP contribution in [0.25, 0.3) is 11.0 Å². The second-order valence-electron chi connectivity index (χ2n) is 9.16. The van der Waals surface area contributed by atoms with Crippen molar-refractivity contribution in [3.8, 4) is 17.2 Å². The number of amides is 1. The van der Waals surface area contributed by atoms with Crippen LogP contribution in [0.4, 0.5) is 5.69 Å². The Morgan fingerprint density at radius 3 is 2.56 bits per heavy atom. The maximum Gasteiger partial charge on any atom is 0.336 e. The maximum absolute atomic E-state index is 13.7. The number of aryl methyl sites for hydroxylation is 1. The van der Waals surface area contributed by atoms with Crippen molar-refractivity contribution in [1.29, 1.82) is 0 Å². The molecule has 10 heteroatoms. The Hall–Kier alpha value is -4.86. The van der Waals surface area contributed by atoms with Gasteiger partial charge in [-0.05, 0) is 60.4 Å². The fourth-order valence-corrected chi connectivity index (χ4v) is 4.99. The number of nitro benzene ring substituents is 1. The number of nitro groups is 1. The fourth-order valence-electron chi connectivity index (χ4n) is 4.99. The lowest BCUT2D eigenvalue weighted by Crippen LogP contribution is -2.42. The van der Waals surface area contributed by atoms with E-state index < -0.39 is 22.5 Å². The Morgan fingerprint density at radius 1 is 1.08 bits per heavy atom. The second kappa shape index (κ2) is 10.5. The smallest absolute Gasteiger partial charge is 0.336 e. The van der Waals surface area contributed by atoms with Crippen molar-refractivity contribution in [3.05, 3.63) is 103 Å². The van der Waals surface area contributed by atoms with Crippen molar-refractivity contribution in [2.45, 2.75) is 19.4 Å². The molecule has 0 spiro atoms. The first-order valence-corrected chi connectivity index (χ1v) is 12.3. The molecule has 39 heavy (non-hydrogen) atoms. The molecule has 0 unspecified atom stereocenters. The summed E-state index contributed by atoms with van der Waals surface area (Å²) in [6.45, 7) is 2.18. The van der Waals surface area contributed by atoms with Crippen LogP contribution in [0.15, 0.2) is 69.9 Å². The summed E-state index contributed by atoms with van der Waals surface area (Å²) in [6, 6.07) is 15.6. The highest BCUT2D eigenvalue weighted by molar-refractivity contribution is 5.98. The van der Waals surface area contributed by atoms with Crippen molar-refractivity contribution < 1.29 is 28.3 Å². The van der Waals surface area contributed by atoms with Gasteiger partial charge in [0, 0.05) is 30.1 Å². The Kier molecular flexibility index (Phi) is 6.93. The summed E-state index contributed by atoms with van der Waals surface area (Å²) in [5, 5.41) is 12.4. The minimum absolute atomic E-state index is 0.000572. The Labute approximate surface area is 223 Å². The number of benzene rings is 3. The van der Waals surface area contributed by atoms with Gasteiger partial charge < -0.3 is 23.5 Å². The van der Waals surface area contributed by atoms with Gasteiger partial charge >= 0.3 is 5.63 Å². The number of methoxy groups -OCH3 is 2. The predicted molar refractivity (Wildman–Crippen MR) is 143 cm³/mol. The Balaban J connectivity index is 1.54. The van der Waals surface area contributed by atoms with Gasteiger partial charge in [0.05, 0.1) is 25.2 Å². The molecular weight excluding hydrogens is 504 g/mol. The lowest BCUT2D eigenvalue weighted by atomic mass is 9.91. The molecule has 1 aliphatic heterocycles. The van der Waals surface area contributed by atoms with E-state index in [1.807, 2.05) is 25.1 Å². The van der Waals surface area contributed by atoms with Gasteiger partial charge in [-0.15, -0.1) is 0 Å². The first-order valence-electron chi connectivity index (χ1n) is 12.3. The number of nitrogens with zero attached hydrogens (tertiary/aromatic N) is 2. The van der Waals surface area contributed by atoms with E-state index in [-0.39, 0.29) is 17.9 Å². The molecule has 10 nitrogen and oxygen atoms in total. The van der Waals surface area contributed by atoms with Crippen LogP contribution in [-0.2, 0) is 6.42 Å². The highest BCUT2D eigenvalue weighted by Crippen LogP contribution is 2.39. The average molecular weight is 531 g/mol. The molecular formula is C29H26N2O8. The van der Waals surface area contributed by atoms with Crippen LogP contribution in [0.1, 0.15) is 33.1 Å². The molecule has 5 rings (SSSR count). The van der Waals surface area contributed by atoms with Crippen LogP contribution in [-0.4, -0.2) is 43.1 Å². The molecule has 2 heterocycles. The monoisotopic (exact) mass is 530 g/mol. The zero-order valence-electron chi connectivity index (χ0n) is 21.6. The van der Waals surface area contributed by atoms with Gasteiger partial charge in [0.25, 0.3) is 11.6 Å². The van der Waals surface area contributed by atoms with Gasteiger partial charge in [-0.25, -0.2) is 4.79 Å². The summed E-state index contributed by atoms with van der Waals surface area (Å²) in [5.74, 6) is 1.02. The van der Waals surface area contributed by atoms with Crippen molar-refractivity contribution >= 4 is 22.6 Å². The van der Waals surface area contributed by atoms with E-state index in [1.54, 1.807) is 30.2 Å². The molecule has 0 N–H and O–H groups in total. The van der Waals surface area contributed by atoms with Crippen LogP contribution in [0, 0.1) is 17.0 Å². The number of fused-ring (bicyclic) bond motifs is 2. The van der Waals surface area contributed by atoms with Crippen molar-refractivity contribution in [2.24, 2.45) is 0 Å². The number of rotatable bonds is 7. The van der Waals surface area contributed by atoms with Gasteiger partial charge in [0.15, 0.2) is 11.5 Å². The quantitative estimate of drug-likeness (QED) is 0.189. The van der Waals surface area contributed by atoms with E-state index in [2.05, 4.69) is 0 Å². The second-order valence-corrected chi connectivity index (χ2v) is 9.16. The molecule has 3 aromatic carbocycles. The van der Waals surface area contributed by atoms with Crippen LogP contribution in [0.5, 0.6) is 17.2 Å². The molecule has 1 amide bonds.